The minimum atomic E-state index is -0.343. The van der Waals surface area contributed by atoms with Gasteiger partial charge in [-0.1, -0.05) is 23.2 Å². The predicted molar refractivity (Wildman–Crippen MR) is 82.8 cm³/mol. The molecule has 0 saturated carbocycles. The van der Waals surface area contributed by atoms with Crippen LogP contribution in [0.15, 0.2) is 18.2 Å². The number of halogens is 2. The number of carbonyl (C=O) groups excluding carboxylic acids is 2. The molecule has 114 valence electrons. The molecule has 1 aliphatic heterocycles. The van der Waals surface area contributed by atoms with Gasteiger partial charge in [0.15, 0.2) is 0 Å². The molecule has 1 saturated heterocycles. The van der Waals surface area contributed by atoms with Crippen LogP contribution >= 0.6 is 23.2 Å². The highest BCUT2D eigenvalue weighted by Gasteiger charge is 2.23. The van der Waals surface area contributed by atoms with Gasteiger partial charge in [-0.2, -0.15) is 0 Å². The molecule has 2 N–H and O–H groups in total. The summed E-state index contributed by atoms with van der Waals surface area (Å²) in [5.74, 6) is -0.429. The fourth-order valence-electron chi connectivity index (χ4n) is 2.21. The number of benzene rings is 1. The van der Waals surface area contributed by atoms with Gasteiger partial charge in [0.25, 0.3) is 5.91 Å². The smallest absolute Gasteiger partial charge is 0.251 e. The van der Waals surface area contributed by atoms with Crippen molar-refractivity contribution in [3.63, 3.8) is 0 Å². The summed E-state index contributed by atoms with van der Waals surface area (Å²) in [7, 11) is 0. The highest BCUT2D eigenvalue weighted by Crippen LogP contribution is 2.22. The summed E-state index contributed by atoms with van der Waals surface area (Å²) in [6, 6.07) is 4.74. The van der Waals surface area contributed by atoms with Gasteiger partial charge in [-0.05, 0) is 25.1 Å². The Morgan fingerprint density at radius 1 is 1.38 bits per heavy atom. The minimum Gasteiger partial charge on any atom is -0.343 e. The van der Waals surface area contributed by atoms with E-state index in [1.807, 2.05) is 6.92 Å². The lowest BCUT2D eigenvalue weighted by molar-refractivity contribution is -0.132. The second kappa shape index (κ2) is 7.11. The number of nitrogens with one attached hydrogen (secondary N) is 2. The SMILES string of the molecule is C[C@@H]1CNCCN1C(=O)CNC(=O)c1ccc(Cl)c(Cl)c1. The summed E-state index contributed by atoms with van der Waals surface area (Å²) < 4.78 is 0. The number of nitrogens with zero attached hydrogens (tertiary/aromatic N) is 1. The third-order valence-electron chi connectivity index (χ3n) is 3.40. The monoisotopic (exact) mass is 329 g/mol. The Bertz CT molecular complexity index is 551. The number of rotatable bonds is 3. The van der Waals surface area contributed by atoms with E-state index in [-0.39, 0.29) is 24.4 Å². The molecule has 21 heavy (non-hydrogen) atoms. The van der Waals surface area contributed by atoms with E-state index < -0.39 is 0 Å². The lowest BCUT2D eigenvalue weighted by Crippen LogP contribution is -2.54. The third kappa shape index (κ3) is 4.09. The van der Waals surface area contributed by atoms with E-state index in [0.717, 1.165) is 13.1 Å². The highest BCUT2D eigenvalue weighted by atomic mass is 35.5. The van der Waals surface area contributed by atoms with Gasteiger partial charge in [0, 0.05) is 31.2 Å². The molecule has 7 heteroatoms. The van der Waals surface area contributed by atoms with Crippen molar-refractivity contribution in [1.82, 2.24) is 15.5 Å². The van der Waals surface area contributed by atoms with E-state index in [1.165, 1.54) is 6.07 Å². The van der Waals surface area contributed by atoms with Crippen LogP contribution in [0.25, 0.3) is 0 Å². The normalized spacial score (nSPS) is 18.4. The highest BCUT2D eigenvalue weighted by molar-refractivity contribution is 6.42. The van der Waals surface area contributed by atoms with E-state index >= 15 is 0 Å². The molecular weight excluding hydrogens is 313 g/mol. The van der Waals surface area contributed by atoms with Crippen molar-refractivity contribution in [2.75, 3.05) is 26.2 Å². The molecule has 0 radical (unpaired) electrons. The first-order valence-electron chi connectivity index (χ1n) is 6.72. The lowest BCUT2D eigenvalue weighted by Gasteiger charge is -2.34. The topological polar surface area (TPSA) is 61.4 Å². The van der Waals surface area contributed by atoms with Gasteiger partial charge in [0.2, 0.25) is 5.91 Å². The number of hydrogen-bond acceptors (Lipinski definition) is 3. The average molecular weight is 330 g/mol. The molecule has 0 aliphatic carbocycles. The van der Waals surface area contributed by atoms with E-state index in [0.29, 0.717) is 22.2 Å². The Balaban J connectivity index is 1.91. The standard InChI is InChI=1S/C14H17Cl2N3O2/c1-9-7-17-4-5-19(9)13(20)8-18-14(21)10-2-3-11(15)12(16)6-10/h2-3,6,9,17H,4-5,7-8H2,1H3,(H,18,21)/t9-/m1/s1. The zero-order valence-corrected chi connectivity index (χ0v) is 13.2. The van der Waals surface area contributed by atoms with E-state index in [2.05, 4.69) is 10.6 Å². The fourth-order valence-corrected chi connectivity index (χ4v) is 2.51. The summed E-state index contributed by atoms with van der Waals surface area (Å²) in [5.41, 5.74) is 0.380. The summed E-state index contributed by atoms with van der Waals surface area (Å²) in [5, 5.41) is 6.52. The number of piperazine rings is 1. The molecule has 1 atom stereocenters. The molecule has 0 aromatic heterocycles. The quantitative estimate of drug-likeness (QED) is 0.884. The number of amides is 2. The van der Waals surface area contributed by atoms with Gasteiger partial charge in [-0.15, -0.1) is 0 Å². The molecule has 0 bridgehead atoms. The first-order valence-corrected chi connectivity index (χ1v) is 7.48. The van der Waals surface area contributed by atoms with Gasteiger partial charge in [0.1, 0.15) is 0 Å². The molecule has 1 aliphatic rings. The van der Waals surface area contributed by atoms with Crippen molar-refractivity contribution in [1.29, 1.82) is 0 Å². The van der Waals surface area contributed by atoms with Crippen molar-refractivity contribution >= 4 is 35.0 Å². The van der Waals surface area contributed by atoms with Crippen LogP contribution in [0.3, 0.4) is 0 Å². The molecule has 0 spiro atoms. The van der Waals surface area contributed by atoms with Crippen molar-refractivity contribution in [3.8, 4) is 0 Å². The lowest BCUT2D eigenvalue weighted by atomic mass is 10.2. The molecule has 2 amide bonds. The second-order valence-electron chi connectivity index (χ2n) is 4.95. The van der Waals surface area contributed by atoms with Crippen LogP contribution in [0.1, 0.15) is 17.3 Å². The van der Waals surface area contributed by atoms with Gasteiger partial charge in [-0.3, -0.25) is 9.59 Å². The van der Waals surface area contributed by atoms with Crippen LogP contribution in [0, 0.1) is 0 Å². The van der Waals surface area contributed by atoms with Gasteiger partial charge >= 0.3 is 0 Å². The van der Waals surface area contributed by atoms with E-state index in [1.54, 1.807) is 17.0 Å². The van der Waals surface area contributed by atoms with Crippen molar-refractivity contribution < 1.29 is 9.59 Å². The maximum atomic E-state index is 12.1. The van der Waals surface area contributed by atoms with Crippen LogP contribution in [-0.2, 0) is 4.79 Å². The zero-order valence-electron chi connectivity index (χ0n) is 11.7. The predicted octanol–water partition coefficient (Wildman–Crippen LogP) is 1.54. The van der Waals surface area contributed by atoms with Crippen LogP contribution in [-0.4, -0.2) is 48.9 Å². The number of hydrogen-bond donors (Lipinski definition) is 2. The fraction of sp³-hybridized carbons (Fsp3) is 0.429. The second-order valence-corrected chi connectivity index (χ2v) is 5.77. The summed E-state index contributed by atoms with van der Waals surface area (Å²) in [4.78, 5) is 25.9. The molecule has 0 unspecified atom stereocenters. The van der Waals surface area contributed by atoms with E-state index in [4.69, 9.17) is 23.2 Å². The maximum Gasteiger partial charge on any atom is 0.251 e. The summed E-state index contributed by atoms with van der Waals surface area (Å²) in [6.45, 7) is 4.15. The Morgan fingerprint density at radius 2 is 2.14 bits per heavy atom. The molecule has 1 aromatic carbocycles. The van der Waals surface area contributed by atoms with Gasteiger partial charge < -0.3 is 15.5 Å². The van der Waals surface area contributed by atoms with Crippen molar-refractivity contribution in [3.05, 3.63) is 33.8 Å². The van der Waals surface area contributed by atoms with Gasteiger partial charge in [-0.25, -0.2) is 0 Å². The molecule has 5 nitrogen and oxygen atoms in total. The Hall–Kier alpha value is -1.30. The Labute approximate surface area is 133 Å². The van der Waals surface area contributed by atoms with Crippen molar-refractivity contribution in [2.45, 2.75) is 13.0 Å². The van der Waals surface area contributed by atoms with E-state index in [9.17, 15) is 9.59 Å². The first-order chi connectivity index (χ1) is 9.99. The molecule has 2 rings (SSSR count). The molecule has 1 heterocycles. The van der Waals surface area contributed by atoms with Crippen LogP contribution in [0.5, 0.6) is 0 Å². The third-order valence-corrected chi connectivity index (χ3v) is 4.14. The van der Waals surface area contributed by atoms with Crippen molar-refractivity contribution in [2.24, 2.45) is 0 Å². The molecule has 1 aromatic rings. The number of carbonyl (C=O) groups is 2. The molecule has 1 fully saturated rings. The largest absolute Gasteiger partial charge is 0.343 e. The van der Waals surface area contributed by atoms with Crippen LogP contribution < -0.4 is 10.6 Å². The summed E-state index contributed by atoms with van der Waals surface area (Å²) >= 11 is 11.7. The first kappa shape index (κ1) is 16.1. The molecular formula is C14H17Cl2N3O2. The Kier molecular flexibility index (Phi) is 5.45. The minimum absolute atomic E-state index is 0.0244. The zero-order chi connectivity index (χ0) is 15.4. The van der Waals surface area contributed by atoms with Gasteiger partial charge in [0.05, 0.1) is 16.6 Å². The van der Waals surface area contributed by atoms with Crippen LogP contribution in [0.2, 0.25) is 10.0 Å². The summed E-state index contributed by atoms with van der Waals surface area (Å²) in [6.07, 6.45) is 0. The average Bonchev–Trinajstić information content (AvgIpc) is 2.47. The Morgan fingerprint density at radius 3 is 2.81 bits per heavy atom. The maximum absolute atomic E-state index is 12.1. The van der Waals surface area contributed by atoms with Crippen LogP contribution in [0.4, 0.5) is 0 Å².